The SMILES string of the molecule is [2H]C([2H])(Cc1cccc(-c2cccc(C(=O)O)c2)c1)C([2H])([2H])NC[C@H](O)c1cccc(Cl)c1. The summed E-state index contributed by atoms with van der Waals surface area (Å²) >= 11 is 5.93. The Bertz CT molecular complexity index is 1140. The Morgan fingerprint density at radius 2 is 1.76 bits per heavy atom. The molecule has 3 aromatic carbocycles. The number of benzene rings is 3. The number of carboxylic acids is 1. The lowest BCUT2D eigenvalue weighted by atomic mass is 9.99. The Hall–Kier alpha value is -2.66. The molecule has 0 aromatic heterocycles. The van der Waals surface area contributed by atoms with Crippen molar-refractivity contribution in [2.75, 3.05) is 13.0 Å². The van der Waals surface area contributed by atoms with Gasteiger partial charge in [-0.3, -0.25) is 0 Å². The van der Waals surface area contributed by atoms with E-state index in [0.29, 0.717) is 27.3 Å². The molecule has 29 heavy (non-hydrogen) atoms. The predicted octanol–water partition coefficient (Wildman–Crippen LogP) is 4.96. The summed E-state index contributed by atoms with van der Waals surface area (Å²) in [5.74, 6) is -1.04. The van der Waals surface area contributed by atoms with E-state index in [2.05, 4.69) is 5.32 Å². The molecule has 0 saturated carbocycles. The van der Waals surface area contributed by atoms with Crippen LogP contribution in [0.25, 0.3) is 11.1 Å². The minimum absolute atomic E-state index is 0.145. The zero-order chi connectivity index (χ0) is 24.2. The van der Waals surface area contributed by atoms with Gasteiger partial charge in [0.15, 0.2) is 0 Å². The van der Waals surface area contributed by atoms with E-state index in [4.69, 9.17) is 17.1 Å². The number of aliphatic hydroxyl groups is 1. The third kappa shape index (κ3) is 6.16. The summed E-state index contributed by atoms with van der Waals surface area (Å²) in [6.45, 7) is -2.64. The normalized spacial score (nSPS) is 15.0. The first-order valence-electron chi connectivity index (χ1n) is 11.1. The van der Waals surface area contributed by atoms with E-state index >= 15 is 0 Å². The molecule has 0 radical (unpaired) electrons. The number of rotatable bonds is 9. The van der Waals surface area contributed by atoms with Crippen molar-refractivity contribution in [1.29, 1.82) is 0 Å². The second-order valence-corrected chi connectivity index (χ2v) is 6.95. The number of nitrogens with one attached hydrogen (secondary N) is 1. The molecule has 0 fully saturated rings. The van der Waals surface area contributed by atoms with Crippen molar-refractivity contribution in [3.8, 4) is 11.1 Å². The number of aromatic carboxylic acids is 1. The van der Waals surface area contributed by atoms with Crippen LogP contribution in [0.4, 0.5) is 0 Å². The van der Waals surface area contributed by atoms with Crippen molar-refractivity contribution in [2.45, 2.75) is 18.9 Å². The number of carbonyl (C=O) groups is 1. The first-order valence-corrected chi connectivity index (χ1v) is 9.47. The van der Waals surface area contributed by atoms with Gasteiger partial charge < -0.3 is 15.5 Å². The minimum Gasteiger partial charge on any atom is -0.478 e. The van der Waals surface area contributed by atoms with E-state index in [-0.39, 0.29) is 18.5 Å². The lowest BCUT2D eigenvalue weighted by Crippen LogP contribution is -2.22. The standard InChI is InChI=1S/C24H24ClNO3/c25-22-11-3-9-20(15-22)23(27)16-26-12-4-6-17-5-1-7-18(13-17)19-8-2-10-21(14-19)24(28)29/h1-3,5,7-11,13-15,23,26-27H,4,6,12,16H2,(H,28,29)/t23-/m0/s1/i4D2,12D2. The summed E-state index contributed by atoms with van der Waals surface area (Å²) in [5.41, 5.74) is 2.58. The summed E-state index contributed by atoms with van der Waals surface area (Å²) < 4.78 is 33.2. The fraction of sp³-hybridized carbons (Fsp3) is 0.208. The second kappa shape index (κ2) is 10.2. The summed E-state index contributed by atoms with van der Waals surface area (Å²) in [5, 5.41) is 22.5. The van der Waals surface area contributed by atoms with Gasteiger partial charge >= 0.3 is 5.97 Å². The maximum absolute atomic E-state index is 11.2. The molecule has 0 aliphatic heterocycles. The van der Waals surface area contributed by atoms with E-state index < -0.39 is 24.9 Å². The highest BCUT2D eigenvalue weighted by atomic mass is 35.5. The molecule has 150 valence electrons. The average Bonchev–Trinajstić information content (AvgIpc) is 2.77. The van der Waals surface area contributed by atoms with E-state index in [9.17, 15) is 15.0 Å². The molecule has 0 amide bonds. The van der Waals surface area contributed by atoms with Gasteiger partial charge in [0.2, 0.25) is 0 Å². The van der Waals surface area contributed by atoms with E-state index in [1.54, 1.807) is 60.7 Å². The first-order chi connectivity index (χ1) is 15.5. The topological polar surface area (TPSA) is 69.6 Å². The molecule has 0 saturated heterocycles. The Kier molecular flexibility index (Phi) is 5.70. The van der Waals surface area contributed by atoms with Gasteiger partial charge in [0.05, 0.1) is 11.7 Å². The second-order valence-electron chi connectivity index (χ2n) is 6.52. The van der Waals surface area contributed by atoms with Gasteiger partial charge in [-0.25, -0.2) is 4.79 Å². The Balaban J connectivity index is 1.73. The highest BCUT2D eigenvalue weighted by Crippen LogP contribution is 2.22. The van der Waals surface area contributed by atoms with Crippen LogP contribution in [0.2, 0.25) is 5.02 Å². The monoisotopic (exact) mass is 413 g/mol. The van der Waals surface area contributed by atoms with Gasteiger partial charge in [0.25, 0.3) is 0 Å². The molecule has 4 nitrogen and oxygen atoms in total. The smallest absolute Gasteiger partial charge is 0.335 e. The van der Waals surface area contributed by atoms with Crippen LogP contribution in [0, 0.1) is 0 Å². The molecule has 0 bridgehead atoms. The summed E-state index contributed by atoms with van der Waals surface area (Å²) in [6.07, 6.45) is -3.59. The molecule has 3 rings (SSSR count). The Morgan fingerprint density at radius 3 is 2.52 bits per heavy atom. The van der Waals surface area contributed by atoms with Crippen LogP contribution in [0.5, 0.6) is 0 Å². The van der Waals surface area contributed by atoms with Crippen molar-refractivity contribution < 1.29 is 20.5 Å². The lowest BCUT2D eigenvalue weighted by Gasteiger charge is -2.12. The highest BCUT2D eigenvalue weighted by Gasteiger charge is 2.08. The molecule has 0 aliphatic carbocycles. The van der Waals surface area contributed by atoms with Gasteiger partial charge in [-0.15, -0.1) is 0 Å². The number of carboxylic acid groups (broad SMARTS) is 1. The predicted molar refractivity (Wildman–Crippen MR) is 116 cm³/mol. The van der Waals surface area contributed by atoms with Crippen LogP contribution < -0.4 is 5.32 Å². The van der Waals surface area contributed by atoms with Gasteiger partial charge in [0, 0.05) is 17.1 Å². The van der Waals surface area contributed by atoms with Crippen molar-refractivity contribution in [2.24, 2.45) is 0 Å². The fourth-order valence-corrected chi connectivity index (χ4v) is 3.08. The van der Waals surface area contributed by atoms with Crippen LogP contribution in [-0.4, -0.2) is 29.2 Å². The fourth-order valence-electron chi connectivity index (χ4n) is 2.88. The maximum Gasteiger partial charge on any atom is 0.335 e. The van der Waals surface area contributed by atoms with Crippen LogP contribution >= 0.6 is 11.6 Å². The summed E-state index contributed by atoms with van der Waals surface area (Å²) in [6, 6.07) is 19.9. The van der Waals surface area contributed by atoms with Crippen LogP contribution in [0.3, 0.4) is 0 Å². The third-order valence-corrected chi connectivity index (χ3v) is 4.60. The molecule has 0 spiro atoms. The van der Waals surface area contributed by atoms with Gasteiger partial charge in [0.1, 0.15) is 0 Å². The van der Waals surface area contributed by atoms with Crippen molar-refractivity contribution in [3.63, 3.8) is 0 Å². The molecule has 1 atom stereocenters. The van der Waals surface area contributed by atoms with Gasteiger partial charge in [-0.1, -0.05) is 60.1 Å². The van der Waals surface area contributed by atoms with Crippen molar-refractivity contribution in [1.82, 2.24) is 5.32 Å². The quantitative estimate of drug-likeness (QED) is 0.463. The highest BCUT2D eigenvalue weighted by molar-refractivity contribution is 6.30. The zero-order valence-electron chi connectivity index (χ0n) is 19.6. The molecule has 0 aliphatic rings. The van der Waals surface area contributed by atoms with Crippen molar-refractivity contribution in [3.05, 3.63) is 94.5 Å². The third-order valence-electron chi connectivity index (χ3n) is 4.37. The number of hydrogen-bond acceptors (Lipinski definition) is 3. The Morgan fingerprint density at radius 1 is 1.03 bits per heavy atom. The van der Waals surface area contributed by atoms with Gasteiger partial charge in [-0.2, -0.15) is 0 Å². The van der Waals surface area contributed by atoms with Crippen LogP contribution in [0.15, 0.2) is 72.8 Å². The number of aliphatic hydroxyl groups excluding tert-OH is 1. The molecule has 0 unspecified atom stereocenters. The molecule has 3 N–H and O–H groups in total. The maximum atomic E-state index is 11.2. The summed E-state index contributed by atoms with van der Waals surface area (Å²) in [7, 11) is 0. The van der Waals surface area contributed by atoms with Crippen LogP contribution in [-0.2, 0) is 6.42 Å². The molecular weight excluding hydrogens is 386 g/mol. The zero-order valence-corrected chi connectivity index (χ0v) is 16.4. The molecule has 0 heterocycles. The average molecular weight is 414 g/mol. The molecular formula is C24H24ClNO3. The largest absolute Gasteiger partial charge is 0.478 e. The number of halogens is 1. The van der Waals surface area contributed by atoms with E-state index in [1.807, 2.05) is 0 Å². The summed E-state index contributed by atoms with van der Waals surface area (Å²) in [4.78, 5) is 11.2. The minimum atomic E-state index is -2.44. The Labute approximate surface area is 181 Å². The van der Waals surface area contributed by atoms with Gasteiger partial charge in [-0.05, 0) is 65.8 Å². The molecule has 3 aromatic rings. The first kappa shape index (κ1) is 16.2. The van der Waals surface area contributed by atoms with Crippen molar-refractivity contribution >= 4 is 17.6 Å². The molecule has 5 heteroatoms. The van der Waals surface area contributed by atoms with Crippen LogP contribution in [0.1, 0.15) is 39.4 Å². The lowest BCUT2D eigenvalue weighted by molar-refractivity contribution is 0.0697. The van der Waals surface area contributed by atoms with E-state index in [0.717, 1.165) is 0 Å². The number of aryl methyl sites for hydroxylation is 1. The van der Waals surface area contributed by atoms with E-state index in [1.165, 1.54) is 12.1 Å². The number of hydrogen-bond donors (Lipinski definition) is 3.